The highest BCUT2D eigenvalue weighted by atomic mass is 32.3. The Morgan fingerprint density at radius 3 is 2.78 bits per heavy atom. The molecule has 1 atom stereocenters. The molecule has 1 heterocycles. The molecule has 3 rings (SSSR count). The van der Waals surface area contributed by atoms with Crippen molar-refractivity contribution in [3.05, 3.63) is 53.8 Å². The summed E-state index contributed by atoms with van der Waals surface area (Å²) in [6, 6.07) is 9.79. The maximum absolute atomic E-state index is 11.1. The summed E-state index contributed by atoms with van der Waals surface area (Å²) >= 11 is 0. The van der Waals surface area contributed by atoms with Gasteiger partial charge in [0.05, 0.1) is 10.9 Å². The van der Waals surface area contributed by atoms with Crippen molar-refractivity contribution in [3.8, 4) is 0 Å². The Bertz CT molecular complexity index is 598. The van der Waals surface area contributed by atoms with Gasteiger partial charge in [-0.15, -0.1) is 10.8 Å². The summed E-state index contributed by atoms with van der Waals surface area (Å²) in [5.41, 5.74) is 3.23. The normalized spacial score (nSPS) is 24.5. The van der Waals surface area contributed by atoms with Crippen LogP contribution in [0.25, 0.3) is 0 Å². The molecule has 126 valence electrons. The molecule has 0 spiro atoms. The average Bonchev–Trinajstić information content (AvgIpc) is 2.56. The summed E-state index contributed by atoms with van der Waals surface area (Å²) in [5.74, 6) is 0. The van der Waals surface area contributed by atoms with Gasteiger partial charge in [-0.1, -0.05) is 30.4 Å². The van der Waals surface area contributed by atoms with Crippen molar-refractivity contribution in [2.24, 2.45) is 0 Å². The van der Waals surface area contributed by atoms with Crippen molar-refractivity contribution in [1.82, 2.24) is 5.32 Å². The smallest absolute Gasteiger partial charge is 0.0733 e. The molecule has 0 aromatic heterocycles. The maximum atomic E-state index is 11.1. The number of para-hydroxylation sites is 1. The molecule has 0 saturated carbocycles. The molecule has 1 aromatic carbocycles. The summed E-state index contributed by atoms with van der Waals surface area (Å²) in [5, 5.41) is 3.03. The van der Waals surface area contributed by atoms with Crippen LogP contribution in [0.3, 0.4) is 0 Å². The Balaban J connectivity index is 1.97. The first-order valence-corrected chi connectivity index (χ1v) is 9.87. The molecule has 0 radical (unpaired) electrons. The van der Waals surface area contributed by atoms with Gasteiger partial charge in [0.25, 0.3) is 0 Å². The van der Waals surface area contributed by atoms with Crippen molar-refractivity contribution < 1.29 is 9.11 Å². The van der Waals surface area contributed by atoms with Crippen molar-refractivity contribution in [3.63, 3.8) is 0 Å². The second-order valence-electron chi connectivity index (χ2n) is 6.18. The Morgan fingerprint density at radius 2 is 2.04 bits per heavy atom. The minimum absolute atomic E-state index is 0.113. The van der Waals surface area contributed by atoms with Crippen molar-refractivity contribution in [2.75, 3.05) is 17.9 Å². The first-order valence-electron chi connectivity index (χ1n) is 8.30. The fourth-order valence-corrected chi connectivity index (χ4v) is 5.58. The lowest BCUT2D eigenvalue weighted by atomic mass is 9.97. The van der Waals surface area contributed by atoms with E-state index in [2.05, 4.69) is 17.5 Å². The van der Waals surface area contributed by atoms with E-state index in [9.17, 15) is 9.11 Å². The summed E-state index contributed by atoms with van der Waals surface area (Å²) < 4.78 is 24.0. The molecule has 1 aliphatic heterocycles. The van der Waals surface area contributed by atoms with Crippen molar-refractivity contribution in [1.29, 1.82) is 0 Å². The zero-order valence-corrected chi connectivity index (χ0v) is 14.4. The minimum Gasteiger partial charge on any atom is -0.320 e. The molecule has 3 N–H and O–H groups in total. The van der Waals surface area contributed by atoms with E-state index in [4.69, 9.17) is 0 Å². The van der Waals surface area contributed by atoms with Crippen LogP contribution in [0.15, 0.2) is 53.8 Å². The number of hydrogen-bond acceptors (Lipinski definition) is 4. The van der Waals surface area contributed by atoms with Crippen LogP contribution < -0.4 is 9.62 Å². The topological polar surface area (TPSA) is 55.7 Å². The molecular weight excluding hydrogens is 308 g/mol. The highest BCUT2D eigenvalue weighted by Crippen LogP contribution is 2.60. The molecule has 0 amide bonds. The zero-order valence-electron chi connectivity index (χ0n) is 13.6. The predicted octanol–water partition coefficient (Wildman–Crippen LogP) is 4.53. The van der Waals surface area contributed by atoms with E-state index in [-0.39, 0.29) is 5.25 Å². The third-order valence-corrected chi connectivity index (χ3v) is 6.86. The van der Waals surface area contributed by atoms with Crippen LogP contribution in [0.5, 0.6) is 0 Å². The van der Waals surface area contributed by atoms with Gasteiger partial charge in [0.15, 0.2) is 0 Å². The van der Waals surface area contributed by atoms with Gasteiger partial charge in [0, 0.05) is 5.70 Å². The molecule has 5 heteroatoms. The van der Waals surface area contributed by atoms with Gasteiger partial charge in [-0.3, -0.25) is 9.11 Å². The van der Waals surface area contributed by atoms with E-state index in [0.717, 1.165) is 50.0 Å². The van der Waals surface area contributed by atoms with Crippen LogP contribution in [0.2, 0.25) is 0 Å². The molecule has 0 saturated heterocycles. The van der Waals surface area contributed by atoms with E-state index < -0.39 is 10.8 Å². The zero-order chi connectivity index (χ0) is 16.3. The lowest BCUT2D eigenvalue weighted by molar-refractivity contribution is 0.450. The molecule has 1 aromatic rings. The standard InChI is InChI=1S/C18H26N2O2S/c1-19-13-7-11-17-14-15-8-5-6-12-18(15)20(23(17,21)22)16-9-3-2-4-10-16/h2-5,8-10,17,19,21-22H,6-7,11-14H2,1H3. The molecular formula is C18H26N2O2S. The molecule has 0 fully saturated rings. The molecule has 0 bridgehead atoms. The van der Waals surface area contributed by atoms with E-state index in [1.807, 2.05) is 41.7 Å². The largest absolute Gasteiger partial charge is 0.320 e. The second kappa shape index (κ2) is 7.09. The fourth-order valence-electron chi connectivity index (χ4n) is 3.43. The molecule has 2 aliphatic rings. The Kier molecular flexibility index (Phi) is 5.11. The molecule has 4 nitrogen and oxygen atoms in total. The SMILES string of the molecule is CNCCCC1CC2=C(CCC=C2)N(c2ccccc2)S1(O)O. The van der Waals surface area contributed by atoms with Gasteiger partial charge in [0.1, 0.15) is 0 Å². The lowest BCUT2D eigenvalue weighted by Gasteiger charge is -2.54. The number of nitrogens with zero attached hydrogens (tertiary/aromatic N) is 1. The van der Waals surface area contributed by atoms with Crippen LogP contribution in [-0.4, -0.2) is 27.9 Å². The number of benzene rings is 1. The van der Waals surface area contributed by atoms with Crippen LogP contribution in [0.4, 0.5) is 5.69 Å². The predicted molar refractivity (Wildman–Crippen MR) is 98.7 cm³/mol. The van der Waals surface area contributed by atoms with Crippen LogP contribution in [0, 0.1) is 0 Å². The minimum atomic E-state index is -2.85. The summed E-state index contributed by atoms with van der Waals surface area (Å²) in [6.45, 7) is 0.902. The first-order chi connectivity index (χ1) is 11.1. The Hall–Kier alpha value is -1.27. The number of anilines is 1. The lowest BCUT2D eigenvalue weighted by Crippen LogP contribution is -2.39. The van der Waals surface area contributed by atoms with Gasteiger partial charge in [-0.05, 0) is 63.4 Å². The number of rotatable bonds is 5. The summed E-state index contributed by atoms with van der Waals surface area (Å²) in [4.78, 5) is 0. The fraction of sp³-hybridized carbons (Fsp3) is 0.444. The van der Waals surface area contributed by atoms with Gasteiger partial charge >= 0.3 is 0 Å². The molecule has 1 aliphatic carbocycles. The van der Waals surface area contributed by atoms with Crippen molar-refractivity contribution in [2.45, 2.75) is 37.4 Å². The van der Waals surface area contributed by atoms with E-state index in [0.29, 0.717) is 0 Å². The van der Waals surface area contributed by atoms with Gasteiger partial charge in [0.2, 0.25) is 0 Å². The molecule has 1 unspecified atom stereocenters. The maximum Gasteiger partial charge on any atom is 0.0733 e. The van der Waals surface area contributed by atoms with Crippen LogP contribution >= 0.6 is 10.8 Å². The first kappa shape index (κ1) is 16.6. The third-order valence-electron chi connectivity index (χ3n) is 4.59. The number of hydrogen-bond donors (Lipinski definition) is 3. The quantitative estimate of drug-likeness (QED) is 0.692. The van der Waals surface area contributed by atoms with E-state index in [1.165, 1.54) is 5.57 Å². The highest BCUT2D eigenvalue weighted by molar-refractivity contribution is 8.26. The summed E-state index contributed by atoms with van der Waals surface area (Å²) in [6.07, 6.45) is 8.74. The summed E-state index contributed by atoms with van der Waals surface area (Å²) in [7, 11) is -0.924. The Labute approximate surface area is 140 Å². The Morgan fingerprint density at radius 1 is 1.26 bits per heavy atom. The second-order valence-corrected chi connectivity index (χ2v) is 8.33. The van der Waals surface area contributed by atoms with E-state index in [1.54, 1.807) is 0 Å². The van der Waals surface area contributed by atoms with E-state index >= 15 is 0 Å². The monoisotopic (exact) mass is 334 g/mol. The van der Waals surface area contributed by atoms with Gasteiger partial charge in [-0.2, -0.15) is 0 Å². The average molecular weight is 334 g/mol. The van der Waals surface area contributed by atoms with Gasteiger partial charge < -0.3 is 5.32 Å². The third kappa shape index (κ3) is 3.33. The highest BCUT2D eigenvalue weighted by Gasteiger charge is 2.40. The van der Waals surface area contributed by atoms with Crippen molar-refractivity contribution >= 4 is 16.5 Å². The van der Waals surface area contributed by atoms with Crippen LogP contribution in [-0.2, 0) is 0 Å². The molecule has 23 heavy (non-hydrogen) atoms. The number of allylic oxidation sites excluding steroid dienone is 4. The number of nitrogens with one attached hydrogen (secondary N) is 1. The van der Waals surface area contributed by atoms with Gasteiger partial charge in [-0.25, -0.2) is 4.31 Å². The van der Waals surface area contributed by atoms with Crippen LogP contribution in [0.1, 0.15) is 32.1 Å².